The number of nitrogens with one attached hydrogen (secondary N) is 2. The minimum Gasteiger partial charge on any atom is -0.358 e. The van der Waals surface area contributed by atoms with Crippen LogP contribution in [0.1, 0.15) is 21.6 Å². The molecule has 3 aromatic rings. The van der Waals surface area contributed by atoms with Gasteiger partial charge < -0.3 is 10.3 Å². The molecule has 2 aromatic heterocycles. The minimum absolute atomic E-state index is 0.0532. The zero-order valence-corrected chi connectivity index (χ0v) is 11.5. The predicted molar refractivity (Wildman–Crippen MR) is 81.2 cm³/mol. The van der Waals surface area contributed by atoms with Crippen LogP contribution in [0.5, 0.6) is 0 Å². The summed E-state index contributed by atoms with van der Waals surface area (Å²) in [7, 11) is 0. The van der Waals surface area contributed by atoms with Gasteiger partial charge in [-0.05, 0) is 30.2 Å². The van der Waals surface area contributed by atoms with E-state index in [0.29, 0.717) is 5.56 Å². The molecule has 0 fully saturated rings. The smallest absolute Gasteiger partial charge is 0.253 e. The van der Waals surface area contributed by atoms with E-state index in [9.17, 15) is 4.79 Å². The predicted octanol–water partition coefficient (Wildman–Crippen LogP) is 2.46. The van der Waals surface area contributed by atoms with Crippen molar-refractivity contribution >= 4 is 16.8 Å². The van der Waals surface area contributed by atoms with Gasteiger partial charge in [0.25, 0.3) is 5.91 Å². The third-order valence-corrected chi connectivity index (χ3v) is 4.06. The number of hydrogen-bond acceptors (Lipinski definition) is 2. The molecule has 2 N–H and O–H groups in total. The van der Waals surface area contributed by atoms with Crippen LogP contribution in [0, 0.1) is 0 Å². The lowest BCUT2D eigenvalue weighted by atomic mass is 10.1. The third-order valence-electron chi connectivity index (χ3n) is 4.06. The van der Waals surface area contributed by atoms with E-state index in [2.05, 4.69) is 33.5 Å². The Balaban J connectivity index is 1.53. The van der Waals surface area contributed by atoms with E-state index >= 15 is 0 Å². The molecule has 0 aliphatic heterocycles. The zero-order chi connectivity index (χ0) is 14.2. The second-order valence-electron chi connectivity index (χ2n) is 5.45. The van der Waals surface area contributed by atoms with E-state index in [1.165, 1.54) is 22.2 Å². The van der Waals surface area contributed by atoms with Crippen LogP contribution in [0.25, 0.3) is 10.9 Å². The fourth-order valence-electron chi connectivity index (χ4n) is 3.10. The number of carbonyl (C=O) groups is 1. The summed E-state index contributed by atoms with van der Waals surface area (Å²) in [4.78, 5) is 19.6. The van der Waals surface area contributed by atoms with Crippen LogP contribution in [0.15, 0.2) is 48.8 Å². The minimum atomic E-state index is -0.0532. The summed E-state index contributed by atoms with van der Waals surface area (Å²) in [5.41, 5.74) is 4.37. The van der Waals surface area contributed by atoms with Gasteiger partial charge in [-0.15, -0.1) is 0 Å². The Morgan fingerprint density at radius 3 is 2.95 bits per heavy atom. The lowest BCUT2D eigenvalue weighted by Crippen LogP contribution is -2.35. The average molecular weight is 277 g/mol. The Morgan fingerprint density at radius 1 is 1.19 bits per heavy atom. The maximum Gasteiger partial charge on any atom is 0.253 e. The van der Waals surface area contributed by atoms with Crippen molar-refractivity contribution in [2.45, 2.75) is 18.9 Å². The largest absolute Gasteiger partial charge is 0.358 e. The fraction of sp³-hybridized carbons (Fsp3) is 0.176. The van der Waals surface area contributed by atoms with Gasteiger partial charge in [-0.1, -0.05) is 18.2 Å². The van der Waals surface area contributed by atoms with Crippen molar-refractivity contribution in [2.75, 3.05) is 0 Å². The zero-order valence-electron chi connectivity index (χ0n) is 11.5. The molecule has 4 rings (SSSR count). The topological polar surface area (TPSA) is 57.8 Å². The van der Waals surface area contributed by atoms with E-state index < -0.39 is 0 Å². The molecule has 2 heterocycles. The number of fused-ring (bicyclic) bond motifs is 3. The first kappa shape index (κ1) is 12.1. The van der Waals surface area contributed by atoms with E-state index in [1.807, 2.05) is 6.07 Å². The van der Waals surface area contributed by atoms with Crippen molar-refractivity contribution < 1.29 is 4.79 Å². The lowest BCUT2D eigenvalue weighted by Gasteiger charge is -2.12. The fourth-order valence-corrected chi connectivity index (χ4v) is 3.10. The van der Waals surface area contributed by atoms with Gasteiger partial charge in [0.05, 0.1) is 5.56 Å². The Hall–Kier alpha value is -2.62. The highest BCUT2D eigenvalue weighted by Crippen LogP contribution is 2.29. The first-order valence-electron chi connectivity index (χ1n) is 7.10. The number of aromatic nitrogens is 2. The molecule has 1 unspecified atom stereocenters. The van der Waals surface area contributed by atoms with Crippen LogP contribution in [0.3, 0.4) is 0 Å². The molecule has 1 aliphatic rings. The molecule has 104 valence electrons. The number of rotatable bonds is 2. The Labute approximate surface area is 122 Å². The van der Waals surface area contributed by atoms with Gasteiger partial charge in [0.2, 0.25) is 0 Å². The number of benzene rings is 1. The molecule has 1 amide bonds. The Bertz CT molecular complexity index is 807. The van der Waals surface area contributed by atoms with Gasteiger partial charge >= 0.3 is 0 Å². The average Bonchev–Trinajstić information content (AvgIpc) is 3.05. The summed E-state index contributed by atoms with van der Waals surface area (Å²) in [5, 5.41) is 4.36. The van der Waals surface area contributed by atoms with Crippen molar-refractivity contribution in [1.29, 1.82) is 0 Å². The summed E-state index contributed by atoms with van der Waals surface area (Å²) in [6.45, 7) is 0. The number of nitrogens with zero attached hydrogens (tertiary/aromatic N) is 1. The molecule has 0 bridgehead atoms. The van der Waals surface area contributed by atoms with E-state index in [-0.39, 0.29) is 11.9 Å². The molecule has 0 saturated carbocycles. The van der Waals surface area contributed by atoms with Crippen molar-refractivity contribution in [3.05, 3.63) is 65.6 Å². The molecule has 0 radical (unpaired) electrons. The van der Waals surface area contributed by atoms with Gasteiger partial charge in [0.1, 0.15) is 0 Å². The van der Waals surface area contributed by atoms with Crippen molar-refractivity contribution in [3.63, 3.8) is 0 Å². The number of para-hydroxylation sites is 1. The summed E-state index contributed by atoms with van der Waals surface area (Å²) in [5.74, 6) is -0.0532. The second kappa shape index (κ2) is 4.74. The first-order chi connectivity index (χ1) is 10.3. The number of carbonyl (C=O) groups excluding carboxylic acids is 1. The summed E-state index contributed by atoms with van der Waals surface area (Å²) in [6.07, 6.45) is 5.00. The van der Waals surface area contributed by atoms with Crippen LogP contribution in [0.2, 0.25) is 0 Å². The summed E-state index contributed by atoms with van der Waals surface area (Å²) in [6, 6.07) is 12.0. The molecule has 4 heteroatoms. The normalized spacial score (nSPS) is 16.9. The highest BCUT2D eigenvalue weighted by molar-refractivity contribution is 5.94. The lowest BCUT2D eigenvalue weighted by molar-refractivity contribution is 0.0938. The number of H-pyrrole nitrogens is 1. The highest BCUT2D eigenvalue weighted by Gasteiger charge is 2.26. The molecule has 0 saturated heterocycles. The molecule has 0 spiro atoms. The number of pyridine rings is 1. The van der Waals surface area contributed by atoms with Crippen molar-refractivity contribution in [1.82, 2.24) is 15.3 Å². The maximum atomic E-state index is 12.2. The SMILES string of the molecule is O=C(NC1Cc2[nH]c3ccccc3c2C1)c1cccnc1. The molecular weight excluding hydrogens is 262 g/mol. The second-order valence-corrected chi connectivity index (χ2v) is 5.45. The van der Waals surface area contributed by atoms with Crippen LogP contribution in [-0.4, -0.2) is 21.9 Å². The Kier molecular flexibility index (Phi) is 2.74. The standard InChI is InChI=1S/C17H15N3O/c21-17(11-4-3-7-18-10-11)19-12-8-14-13-5-1-2-6-15(13)20-16(14)9-12/h1-7,10,12,20H,8-9H2,(H,19,21). The van der Waals surface area contributed by atoms with E-state index in [4.69, 9.17) is 0 Å². The van der Waals surface area contributed by atoms with Crippen LogP contribution < -0.4 is 5.32 Å². The molecule has 21 heavy (non-hydrogen) atoms. The van der Waals surface area contributed by atoms with Gasteiger partial charge in [-0.2, -0.15) is 0 Å². The Morgan fingerprint density at radius 2 is 2.10 bits per heavy atom. The molecule has 1 aromatic carbocycles. The number of amides is 1. The van der Waals surface area contributed by atoms with Crippen molar-refractivity contribution in [3.8, 4) is 0 Å². The number of aromatic amines is 1. The van der Waals surface area contributed by atoms with Crippen molar-refractivity contribution in [2.24, 2.45) is 0 Å². The molecule has 4 nitrogen and oxygen atoms in total. The summed E-state index contributed by atoms with van der Waals surface area (Å²) >= 11 is 0. The van der Waals surface area contributed by atoms with Gasteiger partial charge in [0.15, 0.2) is 0 Å². The number of hydrogen-bond donors (Lipinski definition) is 2. The summed E-state index contributed by atoms with van der Waals surface area (Å²) < 4.78 is 0. The maximum absolute atomic E-state index is 12.2. The quantitative estimate of drug-likeness (QED) is 0.756. The van der Waals surface area contributed by atoms with Gasteiger partial charge in [0, 0.05) is 41.5 Å². The van der Waals surface area contributed by atoms with Crippen LogP contribution >= 0.6 is 0 Å². The van der Waals surface area contributed by atoms with Crippen LogP contribution in [0.4, 0.5) is 0 Å². The van der Waals surface area contributed by atoms with E-state index in [0.717, 1.165) is 12.8 Å². The monoisotopic (exact) mass is 277 g/mol. The van der Waals surface area contributed by atoms with Gasteiger partial charge in [-0.3, -0.25) is 9.78 Å². The van der Waals surface area contributed by atoms with Crippen LogP contribution in [-0.2, 0) is 12.8 Å². The third kappa shape index (κ3) is 2.09. The first-order valence-corrected chi connectivity index (χ1v) is 7.10. The highest BCUT2D eigenvalue weighted by atomic mass is 16.1. The molecular formula is C17H15N3O. The molecule has 1 atom stereocenters. The van der Waals surface area contributed by atoms with Gasteiger partial charge in [-0.25, -0.2) is 0 Å². The molecule has 1 aliphatic carbocycles. The van der Waals surface area contributed by atoms with E-state index in [1.54, 1.807) is 24.5 Å².